The molecule has 0 saturated heterocycles. The van der Waals surface area contributed by atoms with Gasteiger partial charge in [0, 0.05) is 13.6 Å². The average Bonchev–Trinajstić information content (AvgIpc) is 1.99. The minimum Gasteiger partial charge on any atom is -0.330 e. The third-order valence-electron chi connectivity index (χ3n) is 1.70. The van der Waals surface area contributed by atoms with Gasteiger partial charge in [-0.2, -0.15) is 0 Å². The normalized spacial score (nSPS) is 12.8. The molecule has 0 aliphatic rings. The third kappa shape index (κ3) is 5.23. The monoisotopic (exact) mass is 208 g/mol. The number of nitrogens with two attached hydrogens (primary N) is 1. The largest absolute Gasteiger partial charge is 0.330 e. The van der Waals surface area contributed by atoms with Crippen molar-refractivity contribution in [3.63, 3.8) is 0 Å². The van der Waals surface area contributed by atoms with Crippen LogP contribution in [0.15, 0.2) is 0 Å². The molecule has 0 fully saturated rings. The van der Waals surface area contributed by atoms with Crippen molar-refractivity contribution in [2.45, 2.75) is 20.3 Å². The molecule has 4 nitrogen and oxygen atoms in total. The van der Waals surface area contributed by atoms with E-state index in [0.29, 0.717) is 25.4 Å². The average molecular weight is 208 g/mol. The van der Waals surface area contributed by atoms with Crippen molar-refractivity contribution in [1.29, 1.82) is 0 Å². The molecule has 0 aromatic heterocycles. The summed E-state index contributed by atoms with van der Waals surface area (Å²) in [7, 11) is -1.45. The minimum atomic E-state index is -3.06. The van der Waals surface area contributed by atoms with Crippen LogP contribution in [0.25, 0.3) is 0 Å². The van der Waals surface area contributed by atoms with Crippen molar-refractivity contribution < 1.29 is 8.42 Å². The third-order valence-corrected chi connectivity index (χ3v) is 3.61. The fourth-order valence-electron chi connectivity index (χ4n) is 1.05. The Morgan fingerprint density at radius 1 is 1.38 bits per heavy atom. The maximum Gasteiger partial charge on any atom is 0.213 e. The van der Waals surface area contributed by atoms with Crippen LogP contribution in [0, 0.1) is 5.92 Å². The van der Waals surface area contributed by atoms with Crippen LogP contribution in [-0.2, 0) is 10.0 Å². The first-order valence-corrected chi connectivity index (χ1v) is 6.15. The second-order valence-electron chi connectivity index (χ2n) is 3.63. The summed E-state index contributed by atoms with van der Waals surface area (Å²) >= 11 is 0. The number of sulfonamides is 1. The molecule has 0 aliphatic heterocycles. The summed E-state index contributed by atoms with van der Waals surface area (Å²) in [6.45, 7) is 4.99. The van der Waals surface area contributed by atoms with Crippen molar-refractivity contribution in [1.82, 2.24) is 4.31 Å². The van der Waals surface area contributed by atoms with E-state index in [4.69, 9.17) is 5.73 Å². The van der Waals surface area contributed by atoms with Crippen molar-refractivity contribution in [3.8, 4) is 0 Å². The zero-order chi connectivity index (χ0) is 10.5. The van der Waals surface area contributed by atoms with Gasteiger partial charge in [0.1, 0.15) is 0 Å². The van der Waals surface area contributed by atoms with E-state index in [2.05, 4.69) is 0 Å². The van der Waals surface area contributed by atoms with E-state index < -0.39 is 10.0 Å². The number of hydrogen-bond acceptors (Lipinski definition) is 3. The SMILES string of the molecule is CC(C)CN(C)S(=O)(=O)CCCN. The summed E-state index contributed by atoms with van der Waals surface area (Å²) in [6, 6.07) is 0. The maximum absolute atomic E-state index is 11.5. The van der Waals surface area contributed by atoms with Crippen molar-refractivity contribution in [3.05, 3.63) is 0 Å². The molecule has 13 heavy (non-hydrogen) atoms. The summed E-state index contributed by atoms with van der Waals surface area (Å²) in [5.41, 5.74) is 5.25. The summed E-state index contributed by atoms with van der Waals surface area (Å²) in [6.07, 6.45) is 0.533. The van der Waals surface area contributed by atoms with Crippen LogP contribution in [0.2, 0.25) is 0 Å². The van der Waals surface area contributed by atoms with Crippen LogP contribution in [0.4, 0.5) is 0 Å². The first-order chi connectivity index (χ1) is 5.90. The molecule has 0 amide bonds. The predicted octanol–water partition coefficient (Wildman–Crippen LogP) is 0.253. The standard InChI is InChI=1S/C8H20N2O2S/c1-8(2)7-10(3)13(11,12)6-4-5-9/h8H,4-7,9H2,1-3H3. The Morgan fingerprint density at radius 2 is 1.92 bits per heavy atom. The zero-order valence-corrected chi connectivity index (χ0v) is 9.47. The Hall–Kier alpha value is -0.130. The lowest BCUT2D eigenvalue weighted by atomic mass is 10.2. The van der Waals surface area contributed by atoms with Gasteiger partial charge in [-0.1, -0.05) is 13.8 Å². The van der Waals surface area contributed by atoms with E-state index in [1.54, 1.807) is 7.05 Å². The van der Waals surface area contributed by atoms with Gasteiger partial charge >= 0.3 is 0 Å². The molecule has 0 bridgehead atoms. The first-order valence-electron chi connectivity index (χ1n) is 4.54. The van der Waals surface area contributed by atoms with Gasteiger partial charge < -0.3 is 5.73 Å². The van der Waals surface area contributed by atoms with Crippen LogP contribution in [0.5, 0.6) is 0 Å². The number of nitrogens with zero attached hydrogens (tertiary/aromatic N) is 1. The minimum absolute atomic E-state index is 0.159. The molecule has 0 unspecified atom stereocenters. The molecular weight excluding hydrogens is 188 g/mol. The van der Waals surface area contributed by atoms with Gasteiger partial charge in [-0.3, -0.25) is 0 Å². The quantitative estimate of drug-likeness (QED) is 0.680. The summed E-state index contributed by atoms with van der Waals surface area (Å²) in [5.74, 6) is 0.518. The lowest BCUT2D eigenvalue weighted by Crippen LogP contribution is -2.32. The van der Waals surface area contributed by atoms with Crippen molar-refractivity contribution in [2.75, 3.05) is 25.9 Å². The Labute approximate surface area is 81.2 Å². The molecule has 0 heterocycles. The lowest BCUT2D eigenvalue weighted by molar-refractivity contribution is 0.416. The van der Waals surface area contributed by atoms with Gasteiger partial charge in [-0.05, 0) is 18.9 Å². The molecule has 80 valence electrons. The highest BCUT2D eigenvalue weighted by molar-refractivity contribution is 7.89. The number of hydrogen-bond donors (Lipinski definition) is 1. The van der Waals surface area contributed by atoms with E-state index in [9.17, 15) is 8.42 Å². The smallest absolute Gasteiger partial charge is 0.213 e. The molecular formula is C8H20N2O2S. The van der Waals surface area contributed by atoms with E-state index in [-0.39, 0.29) is 5.75 Å². The van der Waals surface area contributed by atoms with E-state index in [1.165, 1.54) is 4.31 Å². The lowest BCUT2D eigenvalue weighted by Gasteiger charge is -2.18. The van der Waals surface area contributed by atoms with Crippen LogP contribution in [0.1, 0.15) is 20.3 Å². The molecule has 0 rings (SSSR count). The molecule has 0 aliphatic carbocycles. The Kier molecular flexibility index (Phi) is 5.51. The molecule has 0 aromatic carbocycles. The predicted molar refractivity (Wildman–Crippen MR) is 54.9 cm³/mol. The Bertz CT molecular complexity index is 224. The van der Waals surface area contributed by atoms with Gasteiger partial charge in [0.05, 0.1) is 5.75 Å². The van der Waals surface area contributed by atoms with Crippen molar-refractivity contribution in [2.24, 2.45) is 11.7 Å². The topological polar surface area (TPSA) is 63.4 Å². The molecule has 0 radical (unpaired) electrons. The van der Waals surface area contributed by atoms with Crippen LogP contribution in [0.3, 0.4) is 0 Å². The van der Waals surface area contributed by atoms with Crippen LogP contribution in [-0.4, -0.2) is 38.6 Å². The molecule has 0 aromatic rings. The van der Waals surface area contributed by atoms with Crippen LogP contribution < -0.4 is 5.73 Å². The fraction of sp³-hybridized carbons (Fsp3) is 1.00. The van der Waals surface area contributed by atoms with Gasteiger partial charge in [-0.25, -0.2) is 12.7 Å². The second kappa shape index (κ2) is 5.57. The van der Waals surface area contributed by atoms with E-state index >= 15 is 0 Å². The summed E-state index contributed by atoms with van der Waals surface area (Å²) in [5, 5.41) is 0. The highest BCUT2D eigenvalue weighted by Crippen LogP contribution is 2.04. The van der Waals surface area contributed by atoms with E-state index in [1.807, 2.05) is 13.8 Å². The molecule has 2 N–H and O–H groups in total. The van der Waals surface area contributed by atoms with Gasteiger partial charge in [0.15, 0.2) is 0 Å². The van der Waals surface area contributed by atoms with Gasteiger partial charge in [0.25, 0.3) is 0 Å². The molecule has 0 atom stereocenters. The fourth-order valence-corrected chi connectivity index (χ4v) is 2.42. The molecule has 5 heteroatoms. The van der Waals surface area contributed by atoms with Crippen LogP contribution >= 0.6 is 0 Å². The Morgan fingerprint density at radius 3 is 2.31 bits per heavy atom. The highest BCUT2D eigenvalue weighted by atomic mass is 32.2. The van der Waals surface area contributed by atoms with Crippen molar-refractivity contribution >= 4 is 10.0 Å². The molecule has 0 spiro atoms. The summed E-state index contributed by atoms with van der Waals surface area (Å²) in [4.78, 5) is 0. The first kappa shape index (κ1) is 12.9. The second-order valence-corrected chi connectivity index (χ2v) is 5.83. The zero-order valence-electron chi connectivity index (χ0n) is 8.66. The number of rotatable bonds is 6. The van der Waals surface area contributed by atoms with Gasteiger partial charge in [-0.15, -0.1) is 0 Å². The van der Waals surface area contributed by atoms with Gasteiger partial charge in [0.2, 0.25) is 10.0 Å². The maximum atomic E-state index is 11.5. The Balaban J connectivity index is 4.12. The highest BCUT2D eigenvalue weighted by Gasteiger charge is 2.17. The van der Waals surface area contributed by atoms with E-state index in [0.717, 1.165) is 0 Å². The molecule has 0 saturated carbocycles. The summed E-state index contributed by atoms with van der Waals surface area (Å²) < 4.78 is 24.4.